The Balaban J connectivity index is 1.95. The van der Waals surface area contributed by atoms with Crippen LogP contribution < -0.4 is 5.32 Å². The molecule has 20 heavy (non-hydrogen) atoms. The number of aryl methyl sites for hydroxylation is 1. The van der Waals surface area contributed by atoms with Crippen LogP contribution in [0.4, 0.5) is 11.4 Å². The first-order chi connectivity index (χ1) is 9.74. The van der Waals surface area contributed by atoms with E-state index in [1.165, 1.54) is 5.56 Å². The Labute approximate surface area is 117 Å². The molecule has 0 saturated heterocycles. The van der Waals surface area contributed by atoms with Crippen molar-refractivity contribution in [3.8, 4) is 16.9 Å². The second-order valence-electron chi connectivity index (χ2n) is 4.79. The van der Waals surface area contributed by atoms with Crippen LogP contribution in [0.5, 0.6) is 5.75 Å². The van der Waals surface area contributed by atoms with E-state index < -0.39 is 0 Å². The van der Waals surface area contributed by atoms with Gasteiger partial charge in [-0.15, -0.1) is 0 Å². The maximum absolute atomic E-state index is 9.97. The van der Waals surface area contributed by atoms with Gasteiger partial charge in [-0.1, -0.05) is 35.9 Å². The highest BCUT2D eigenvalue weighted by molar-refractivity contribution is 5.83. The third kappa shape index (κ3) is 2.38. The number of aromatic hydroxyl groups is 1. The van der Waals surface area contributed by atoms with Gasteiger partial charge in [0.15, 0.2) is 0 Å². The van der Waals surface area contributed by atoms with Gasteiger partial charge in [0.1, 0.15) is 5.75 Å². The van der Waals surface area contributed by atoms with E-state index in [9.17, 15) is 5.11 Å². The fourth-order valence-electron chi connectivity index (χ4n) is 2.18. The summed E-state index contributed by atoms with van der Waals surface area (Å²) in [5, 5.41) is 13.3. The zero-order valence-electron chi connectivity index (χ0n) is 11.2. The first-order valence-corrected chi connectivity index (χ1v) is 6.53. The number of H-pyrrole nitrogens is 1. The average Bonchev–Trinajstić information content (AvgIpc) is 2.90. The van der Waals surface area contributed by atoms with Crippen molar-refractivity contribution < 1.29 is 5.11 Å². The lowest BCUT2D eigenvalue weighted by Crippen LogP contribution is -1.90. The normalized spacial score (nSPS) is 10.4. The molecule has 0 bridgehead atoms. The quantitative estimate of drug-likeness (QED) is 0.655. The van der Waals surface area contributed by atoms with Crippen LogP contribution in [0, 0.1) is 6.92 Å². The number of aromatic amines is 1. The van der Waals surface area contributed by atoms with E-state index in [1.807, 2.05) is 42.7 Å². The molecule has 0 aliphatic rings. The minimum Gasteiger partial charge on any atom is -0.507 e. The number of nitrogens with one attached hydrogen (secondary N) is 2. The molecule has 0 unspecified atom stereocenters. The van der Waals surface area contributed by atoms with Crippen molar-refractivity contribution in [2.45, 2.75) is 6.92 Å². The molecule has 100 valence electrons. The van der Waals surface area contributed by atoms with E-state index in [2.05, 4.69) is 29.4 Å². The molecule has 0 amide bonds. The van der Waals surface area contributed by atoms with Gasteiger partial charge < -0.3 is 15.4 Å². The number of aromatic nitrogens is 1. The first kappa shape index (κ1) is 12.4. The molecule has 2 aromatic carbocycles. The summed E-state index contributed by atoms with van der Waals surface area (Å²) in [6, 6.07) is 15.5. The van der Waals surface area contributed by atoms with Gasteiger partial charge in [0, 0.05) is 29.2 Å². The number of benzene rings is 2. The molecule has 0 aliphatic heterocycles. The third-order valence-electron chi connectivity index (χ3n) is 3.27. The second kappa shape index (κ2) is 5.13. The molecule has 0 saturated carbocycles. The van der Waals surface area contributed by atoms with Crippen molar-refractivity contribution in [2.75, 3.05) is 5.32 Å². The van der Waals surface area contributed by atoms with Crippen LogP contribution in [0.2, 0.25) is 0 Å². The minimum atomic E-state index is 0.277. The number of rotatable bonds is 3. The van der Waals surface area contributed by atoms with Crippen molar-refractivity contribution in [1.29, 1.82) is 0 Å². The van der Waals surface area contributed by atoms with E-state index in [4.69, 9.17) is 0 Å². The zero-order chi connectivity index (χ0) is 13.9. The Morgan fingerprint density at radius 2 is 1.65 bits per heavy atom. The molecule has 0 aliphatic carbocycles. The van der Waals surface area contributed by atoms with Crippen LogP contribution in [0.1, 0.15) is 5.56 Å². The molecule has 3 nitrogen and oxygen atoms in total. The molecule has 3 rings (SSSR count). The number of phenolic OH excluding ortho intramolecular Hbond substituents is 1. The van der Waals surface area contributed by atoms with Gasteiger partial charge in [0.05, 0.1) is 5.69 Å². The van der Waals surface area contributed by atoms with E-state index >= 15 is 0 Å². The van der Waals surface area contributed by atoms with E-state index in [0.717, 1.165) is 22.5 Å². The van der Waals surface area contributed by atoms with Crippen molar-refractivity contribution in [3.05, 3.63) is 66.5 Å². The lowest BCUT2D eigenvalue weighted by atomic mass is 10.1. The monoisotopic (exact) mass is 264 g/mol. The largest absolute Gasteiger partial charge is 0.507 e. The molecule has 0 atom stereocenters. The molecule has 0 spiro atoms. The fraction of sp³-hybridized carbons (Fsp3) is 0.0588. The molecular weight excluding hydrogens is 248 g/mol. The SMILES string of the molecule is Cc1ccc(Nc2c[nH]cc2-c2ccccc2O)cc1. The number of phenols is 1. The number of anilines is 2. The second-order valence-corrected chi connectivity index (χ2v) is 4.79. The highest BCUT2D eigenvalue weighted by Crippen LogP contribution is 2.35. The molecule has 1 heterocycles. The van der Waals surface area contributed by atoms with Crippen LogP contribution >= 0.6 is 0 Å². The van der Waals surface area contributed by atoms with Crippen molar-refractivity contribution in [3.63, 3.8) is 0 Å². The lowest BCUT2D eigenvalue weighted by Gasteiger charge is -2.09. The van der Waals surface area contributed by atoms with E-state index in [1.54, 1.807) is 6.07 Å². The van der Waals surface area contributed by atoms with Crippen molar-refractivity contribution in [2.24, 2.45) is 0 Å². The summed E-state index contributed by atoms with van der Waals surface area (Å²) in [6.45, 7) is 2.06. The Morgan fingerprint density at radius 3 is 2.40 bits per heavy atom. The number of para-hydroxylation sites is 1. The Kier molecular flexibility index (Phi) is 3.17. The predicted octanol–water partition coefficient (Wildman–Crippen LogP) is 4.44. The molecule has 3 aromatic rings. The summed E-state index contributed by atoms with van der Waals surface area (Å²) in [4.78, 5) is 3.08. The average molecular weight is 264 g/mol. The van der Waals surface area contributed by atoms with Gasteiger partial charge in [-0.3, -0.25) is 0 Å². The summed E-state index contributed by atoms with van der Waals surface area (Å²) in [5.41, 5.74) is 4.94. The van der Waals surface area contributed by atoms with Gasteiger partial charge in [0.2, 0.25) is 0 Å². The van der Waals surface area contributed by atoms with Crippen LogP contribution in [-0.4, -0.2) is 10.1 Å². The van der Waals surface area contributed by atoms with Crippen LogP contribution in [0.3, 0.4) is 0 Å². The van der Waals surface area contributed by atoms with Gasteiger partial charge in [-0.05, 0) is 25.1 Å². The highest BCUT2D eigenvalue weighted by atomic mass is 16.3. The molecule has 0 radical (unpaired) electrons. The topological polar surface area (TPSA) is 48.0 Å². The molecule has 3 heteroatoms. The van der Waals surface area contributed by atoms with E-state index in [-0.39, 0.29) is 5.75 Å². The summed E-state index contributed by atoms with van der Waals surface area (Å²) in [6.07, 6.45) is 3.77. The van der Waals surface area contributed by atoms with Gasteiger partial charge >= 0.3 is 0 Å². The molecule has 3 N–H and O–H groups in total. The zero-order valence-corrected chi connectivity index (χ0v) is 11.2. The molecule has 1 aromatic heterocycles. The number of hydrogen-bond acceptors (Lipinski definition) is 2. The summed E-state index contributed by atoms with van der Waals surface area (Å²) < 4.78 is 0. The highest BCUT2D eigenvalue weighted by Gasteiger charge is 2.09. The van der Waals surface area contributed by atoms with Crippen LogP contribution in [0.15, 0.2) is 60.9 Å². The van der Waals surface area contributed by atoms with E-state index in [0.29, 0.717) is 0 Å². The van der Waals surface area contributed by atoms with Crippen molar-refractivity contribution in [1.82, 2.24) is 4.98 Å². The standard InChI is InChI=1S/C17H16N2O/c1-12-6-8-13(9-7-12)19-16-11-18-10-15(16)14-4-2-3-5-17(14)20/h2-11,18-20H,1H3. The molecule has 0 fully saturated rings. The predicted molar refractivity (Wildman–Crippen MR) is 82.4 cm³/mol. The lowest BCUT2D eigenvalue weighted by molar-refractivity contribution is 0.477. The minimum absolute atomic E-state index is 0.277. The van der Waals surface area contributed by atoms with Crippen molar-refractivity contribution >= 4 is 11.4 Å². The fourth-order valence-corrected chi connectivity index (χ4v) is 2.18. The maximum atomic E-state index is 9.97. The Hall–Kier alpha value is -2.68. The van der Waals surface area contributed by atoms with Gasteiger partial charge in [0.25, 0.3) is 0 Å². The van der Waals surface area contributed by atoms with Gasteiger partial charge in [-0.25, -0.2) is 0 Å². The smallest absolute Gasteiger partial charge is 0.123 e. The first-order valence-electron chi connectivity index (χ1n) is 6.53. The number of hydrogen-bond donors (Lipinski definition) is 3. The van der Waals surface area contributed by atoms with Crippen LogP contribution in [-0.2, 0) is 0 Å². The summed E-state index contributed by atoms with van der Waals surface area (Å²) in [5.74, 6) is 0.277. The summed E-state index contributed by atoms with van der Waals surface area (Å²) in [7, 11) is 0. The summed E-state index contributed by atoms with van der Waals surface area (Å²) >= 11 is 0. The van der Waals surface area contributed by atoms with Gasteiger partial charge in [-0.2, -0.15) is 0 Å². The maximum Gasteiger partial charge on any atom is 0.123 e. The molecular formula is C17H16N2O. The Bertz CT molecular complexity index is 714. The Morgan fingerprint density at radius 1 is 0.900 bits per heavy atom. The third-order valence-corrected chi connectivity index (χ3v) is 3.27. The van der Waals surface area contributed by atoms with Crippen LogP contribution in [0.25, 0.3) is 11.1 Å².